The smallest absolute Gasteiger partial charge is 0.241 e. The van der Waals surface area contributed by atoms with Gasteiger partial charge in [-0.05, 0) is 24.3 Å². The number of benzene rings is 1. The number of amides is 1. The first-order valence-corrected chi connectivity index (χ1v) is 9.75. The molecule has 1 aliphatic rings. The van der Waals surface area contributed by atoms with Crippen molar-refractivity contribution in [1.29, 1.82) is 0 Å². The molecule has 3 N–H and O–H groups in total. The second kappa shape index (κ2) is 9.46. The third-order valence-electron chi connectivity index (χ3n) is 3.75. The maximum Gasteiger partial charge on any atom is 0.241 e. The van der Waals surface area contributed by atoms with Gasteiger partial charge in [0.05, 0.1) is 24.7 Å². The lowest BCUT2D eigenvalue weighted by Crippen LogP contribution is -2.50. The molecule has 1 atom stereocenters. The van der Waals surface area contributed by atoms with Gasteiger partial charge in [0.2, 0.25) is 15.9 Å². The molecule has 2 rings (SSSR count). The third-order valence-corrected chi connectivity index (χ3v) is 5.49. The molecule has 8 nitrogen and oxygen atoms in total. The predicted molar refractivity (Wildman–Crippen MR) is 92.9 cm³/mol. The van der Waals surface area contributed by atoms with E-state index in [1.165, 1.54) is 24.3 Å². The van der Waals surface area contributed by atoms with Crippen LogP contribution in [0, 0.1) is 0 Å². The minimum Gasteiger partial charge on any atom is -0.394 e. The number of sulfonamides is 1. The molecule has 0 spiro atoms. The van der Waals surface area contributed by atoms with Gasteiger partial charge in [-0.25, -0.2) is 8.42 Å². The van der Waals surface area contributed by atoms with Crippen LogP contribution in [-0.4, -0.2) is 76.4 Å². The van der Waals surface area contributed by atoms with Crippen LogP contribution in [0.3, 0.4) is 0 Å². The molecule has 10 heteroatoms. The number of carbonyl (C=O) groups excluding carboxylic acids is 1. The summed E-state index contributed by atoms with van der Waals surface area (Å²) in [7, 11) is -3.94. The Morgan fingerprint density at radius 2 is 1.92 bits per heavy atom. The first kappa shape index (κ1) is 20.1. The first-order chi connectivity index (χ1) is 11.9. The van der Waals surface area contributed by atoms with E-state index in [0.717, 1.165) is 13.1 Å². The monoisotopic (exact) mass is 391 g/mol. The van der Waals surface area contributed by atoms with Crippen LogP contribution in [0.5, 0.6) is 0 Å². The van der Waals surface area contributed by atoms with E-state index >= 15 is 0 Å². The van der Waals surface area contributed by atoms with Crippen molar-refractivity contribution in [2.75, 3.05) is 46.0 Å². The van der Waals surface area contributed by atoms with Crippen LogP contribution in [0.15, 0.2) is 29.2 Å². The van der Waals surface area contributed by atoms with E-state index in [1.54, 1.807) is 0 Å². The minimum absolute atomic E-state index is 0.0310. The molecule has 0 aliphatic carbocycles. The standard InChI is InChI=1S/C15H22ClN3O5S/c16-12-1-3-13(4-2-12)25(22,23)18-14(11-20)15(21)17-5-6-19-7-9-24-10-8-19/h1-4,14,18,20H,5-11H2,(H,17,21)/t14-/m0/s1. The molecule has 140 valence electrons. The van der Waals surface area contributed by atoms with Crippen LogP contribution < -0.4 is 10.0 Å². The first-order valence-electron chi connectivity index (χ1n) is 7.89. The number of ether oxygens (including phenoxy) is 1. The van der Waals surface area contributed by atoms with Crippen molar-refractivity contribution in [3.8, 4) is 0 Å². The molecule has 1 aromatic carbocycles. The highest BCUT2D eigenvalue weighted by Gasteiger charge is 2.25. The van der Waals surface area contributed by atoms with Gasteiger partial charge in [0.1, 0.15) is 6.04 Å². The van der Waals surface area contributed by atoms with Crippen molar-refractivity contribution in [3.05, 3.63) is 29.3 Å². The summed E-state index contributed by atoms with van der Waals surface area (Å²) in [6, 6.07) is 4.27. The van der Waals surface area contributed by atoms with Crippen molar-refractivity contribution in [2.45, 2.75) is 10.9 Å². The van der Waals surface area contributed by atoms with Crippen molar-refractivity contribution in [1.82, 2.24) is 14.9 Å². The maximum absolute atomic E-state index is 12.3. The number of nitrogens with zero attached hydrogens (tertiary/aromatic N) is 1. The van der Waals surface area contributed by atoms with Crippen LogP contribution in [0.25, 0.3) is 0 Å². The quantitative estimate of drug-likeness (QED) is 0.547. The second-order valence-corrected chi connectivity index (χ2v) is 7.71. The van der Waals surface area contributed by atoms with E-state index in [0.29, 0.717) is 31.3 Å². The number of halogens is 1. The molecular formula is C15H22ClN3O5S. The highest BCUT2D eigenvalue weighted by Crippen LogP contribution is 2.14. The van der Waals surface area contributed by atoms with Crippen LogP contribution in [0.4, 0.5) is 0 Å². The summed E-state index contributed by atoms with van der Waals surface area (Å²) in [5.41, 5.74) is 0. The number of aliphatic hydroxyl groups is 1. The van der Waals surface area contributed by atoms with Gasteiger partial charge >= 0.3 is 0 Å². The van der Waals surface area contributed by atoms with Crippen molar-refractivity contribution >= 4 is 27.5 Å². The zero-order valence-corrected chi connectivity index (χ0v) is 15.2. The summed E-state index contributed by atoms with van der Waals surface area (Å²) >= 11 is 5.74. The lowest BCUT2D eigenvalue weighted by Gasteiger charge is -2.26. The maximum atomic E-state index is 12.3. The molecule has 1 amide bonds. The molecule has 1 heterocycles. The van der Waals surface area contributed by atoms with Gasteiger partial charge in [-0.2, -0.15) is 4.72 Å². The van der Waals surface area contributed by atoms with Crippen molar-refractivity contribution in [2.24, 2.45) is 0 Å². The van der Waals surface area contributed by atoms with E-state index in [1.807, 2.05) is 0 Å². The topological polar surface area (TPSA) is 108 Å². The predicted octanol–water partition coefficient (Wildman–Crippen LogP) is -0.572. The molecule has 1 aliphatic heterocycles. The zero-order chi connectivity index (χ0) is 18.3. The Balaban J connectivity index is 1.87. The molecular weight excluding hydrogens is 370 g/mol. The fraction of sp³-hybridized carbons (Fsp3) is 0.533. The number of morpholine rings is 1. The summed E-state index contributed by atoms with van der Waals surface area (Å²) < 4.78 is 32.0. The van der Waals surface area contributed by atoms with Gasteiger partial charge in [0.15, 0.2) is 0 Å². The molecule has 1 saturated heterocycles. The number of aliphatic hydroxyl groups excluding tert-OH is 1. The highest BCUT2D eigenvalue weighted by molar-refractivity contribution is 7.89. The van der Waals surface area contributed by atoms with Crippen LogP contribution in [0.1, 0.15) is 0 Å². The number of hydrogen-bond donors (Lipinski definition) is 3. The largest absolute Gasteiger partial charge is 0.394 e. The summed E-state index contributed by atoms with van der Waals surface area (Å²) in [4.78, 5) is 14.2. The average Bonchev–Trinajstić information content (AvgIpc) is 2.61. The van der Waals surface area contributed by atoms with Crippen molar-refractivity contribution in [3.63, 3.8) is 0 Å². The summed E-state index contributed by atoms with van der Waals surface area (Å²) in [6.45, 7) is 3.26. The number of hydrogen-bond acceptors (Lipinski definition) is 6. The Bertz CT molecular complexity index is 662. The van der Waals surface area contributed by atoms with Crippen LogP contribution >= 0.6 is 11.6 Å². The SMILES string of the molecule is O=C(NCCN1CCOCC1)[C@H](CO)NS(=O)(=O)c1ccc(Cl)cc1. The Kier molecular flexibility index (Phi) is 7.60. The lowest BCUT2D eigenvalue weighted by atomic mass is 10.3. The number of nitrogens with one attached hydrogen (secondary N) is 2. The lowest BCUT2D eigenvalue weighted by molar-refractivity contribution is -0.123. The third kappa shape index (κ3) is 6.21. The number of carbonyl (C=O) groups is 1. The van der Waals surface area contributed by atoms with Gasteiger partial charge in [-0.3, -0.25) is 9.69 Å². The van der Waals surface area contributed by atoms with Gasteiger partial charge in [0, 0.05) is 31.2 Å². The van der Waals surface area contributed by atoms with Gasteiger partial charge in [-0.15, -0.1) is 0 Å². The number of rotatable bonds is 8. The molecule has 1 fully saturated rings. The Labute approximate surface area is 152 Å². The molecule has 0 aromatic heterocycles. The van der Waals surface area contributed by atoms with Gasteiger partial charge < -0.3 is 15.2 Å². The van der Waals surface area contributed by atoms with E-state index in [-0.39, 0.29) is 4.90 Å². The fourth-order valence-electron chi connectivity index (χ4n) is 2.33. The Hall–Kier alpha value is -1.23. The molecule has 0 unspecified atom stereocenters. The van der Waals surface area contributed by atoms with E-state index in [2.05, 4.69) is 14.9 Å². The van der Waals surface area contributed by atoms with Crippen molar-refractivity contribution < 1.29 is 23.1 Å². The van der Waals surface area contributed by atoms with Gasteiger partial charge in [-0.1, -0.05) is 11.6 Å². The second-order valence-electron chi connectivity index (χ2n) is 5.56. The average molecular weight is 392 g/mol. The molecule has 0 bridgehead atoms. The zero-order valence-electron chi connectivity index (χ0n) is 13.7. The Morgan fingerprint density at radius 3 is 2.52 bits per heavy atom. The summed E-state index contributed by atoms with van der Waals surface area (Å²) in [5, 5.41) is 12.4. The summed E-state index contributed by atoms with van der Waals surface area (Å²) in [5.74, 6) is -0.576. The van der Waals surface area contributed by atoms with Crippen LogP contribution in [-0.2, 0) is 19.6 Å². The molecule has 0 saturated carbocycles. The summed E-state index contributed by atoms with van der Waals surface area (Å²) in [6.07, 6.45) is 0. The van der Waals surface area contributed by atoms with Crippen LogP contribution in [0.2, 0.25) is 5.02 Å². The molecule has 1 aromatic rings. The van der Waals surface area contributed by atoms with Gasteiger partial charge in [0.25, 0.3) is 0 Å². The van der Waals surface area contributed by atoms with E-state index in [4.69, 9.17) is 16.3 Å². The van der Waals surface area contributed by atoms with E-state index in [9.17, 15) is 18.3 Å². The molecule has 25 heavy (non-hydrogen) atoms. The van der Waals surface area contributed by atoms with E-state index < -0.39 is 28.6 Å². The minimum atomic E-state index is -3.94. The normalized spacial score (nSPS) is 17.2. The Morgan fingerprint density at radius 1 is 1.28 bits per heavy atom. The fourth-order valence-corrected chi connectivity index (χ4v) is 3.64. The molecule has 0 radical (unpaired) electrons. The highest BCUT2D eigenvalue weighted by atomic mass is 35.5.